The number of anilines is 1. The van der Waals surface area contributed by atoms with Gasteiger partial charge in [-0.2, -0.15) is 10.2 Å². The molecular weight excluding hydrogens is 232 g/mol. The second kappa shape index (κ2) is 5.01. The molecule has 0 bridgehead atoms. The van der Waals surface area contributed by atoms with Crippen LogP contribution in [-0.2, 0) is 18.3 Å². The largest absolute Gasteiger partial charge is 0.316 e. The molecule has 7 nitrogen and oxygen atoms in total. The van der Waals surface area contributed by atoms with Gasteiger partial charge >= 0.3 is 0 Å². The molecule has 2 aromatic heterocycles. The summed E-state index contributed by atoms with van der Waals surface area (Å²) in [7, 11) is 1.77. The number of rotatable bonds is 4. The molecule has 2 rings (SSSR count). The molecule has 1 unspecified atom stereocenters. The van der Waals surface area contributed by atoms with Gasteiger partial charge in [-0.05, 0) is 6.42 Å². The zero-order chi connectivity index (χ0) is 13.1. The highest BCUT2D eigenvalue weighted by Gasteiger charge is 2.18. The van der Waals surface area contributed by atoms with Crippen molar-refractivity contribution in [2.45, 2.75) is 19.4 Å². The molecule has 0 aliphatic rings. The van der Waals surface area contributed by atoms with Crippen LogP contribution >= 0.6 is 0 Å². The van der Waals surface area contributed by atoms with Crippen molar-refractivity contribution in [3.8, 4) is 0 Å². The minimum atomic E-state index is -0.750. The van der Waals surface area contributed by atoms with Gasteiger partial charge in [-0.25, -0.2) is 0 Å². The van der Waals surface area contributed by atoms with Gasteiger partial charge in [-0.15, -0.1) is 0 Å². The van der Waals surface area contributed by atoms with Crippen LogP contribution in [0.25, 0.3) is 0 Å². The number of carbonyl (C=O) groups is 1. The summed E-state index contributed by atoms with van der Waals surface area (Å²) < 4.78 is 1.60. The van der Waals surface area contributed by atoms with Crippen LogP contribution in [0, 0.1) is 0 Å². The van der Waals surface area contributed by atoms with Crippen molar-refractivity contribution >= 4 is 11.7 Å². The molecule has 7 heteroatoms. The topological polar surface area (TPSA) is 102 Å². The fourth-order valence-corrected chi connectivity index (χ4v) is 1.56. The van der Waals surface area contributed by atoms with Gasteiger partial charge in [0.1, 0.15) is 6.04 Å². The van der Waals surface area contributed by atoms with Crippen LogP contribution in [0.4, 0.5) is 5.82 Å². The lowest BCUT2D eigenvalue weighted by atomic mass is 10.1. The van der Waals surface area contributed by atoms with E-state index in [0.29, 0.717) is 11.4 Å². The van der Waals surface area contributed by atoms with Gasteiger partial charge < -0.3 is 11.1 Å². The van der Waals surface area contributed by atoms with Gasteiger partial charge in [0.2, 0.25) is 5.91 Å². The number of hydrogen-bond donors (Lipinski definition) is 3. The lowest BCUT2D eigenvalue weighted by molar-refractivity contribution is -0.117. The summed E-state index contributed by atoms with van der Waals surface area (Å²) in [6, 6.07) is 1.04. The Balaban J connectivity index is 2.03. The third-order valence-corrected chi connectivity index (χ3v) is 2.63. The number of hydrogen-bond acceptors (Lipinski definition) is 4. The Morgan fingerprint density at radius 3 is 3.00 bits per heavy atom. The first-order chi connectivity index (χ1) is 8.60. The van der Waals surface area contributed by atoms with E-state index in [1.807, 2.05) is 6.92 Å². The molecule has 18 heavy (non-hydrogen) atoms. The Morgan fingerprint density at radius 2 is 2.44 bits per heavy atom. The highest BCUT2D eigenvalue weighted by molar-refractivity contribution is 5.94. The normalized spacial score (nSPS) is 12.4. The molecular formula is C11H16N6O. The maximum Gasteiger partial charge on any atom is 0.247 e. The number of aromatic amines is 1. The Bertz CT molecular complexity index is 543. The van der Waals surface area contributed by atoms with Crippen molar-refractivity contribution in [3.05, 3.63) is 29.7 Å². The van der Waals surface area contributed by atoms with E-state index in [1.165, 1.54) is 0 Å². The quantitative estimate of drug-likeness (QED) is 0.726. The van der Waals surface area contributed by atoms with Crippen LogP contribution < -0.4 is 11.1 Å². The monoisotopic (exact) mass is 248 g/mol. The van der Waals surface area contributed by atoms with E-state index in [-0.39, 0.29) is 5.91 Å². The third kappa shape index (κ3) is 2.57. The zero-order valence-electron chi connectivity index (χ0n) is 10.3. The summed E-state index contributed by atoms with van der Waals surface area (Å²) in [6.07, 6.45) is 4.12. The van der Waals surface area contributed by atoms with E-state index in [9.17, 15) is 4.79 Å². The molecule has 0 saturated carbocycles. The maximum absolute atomic E-state index is 11.9. The molecule has 2 heterocycles. The maximum atomic E-state index is 11.9. The van der Waals surface area contributed by atoms with Crippen molar-refractivity contribution < 1.29 is 4.79 Å². The molecule has 0 spiro atoms. The summed E-state index contributed by atoms with van der Waals surface area (Å²) in [5.41, 5.74) is 7.46. The Hall–Kier alpha value is -2.15. The van der Waals surface area contributed by atoms with Crippen molar-refractivity contribution in [3.63, 3.8) is 0 Å². The molecule has 0 aliphatic carbocycles. The smallest absolute Gasteiger partial charge is 0.247 e. The number of amides is 1. The lowest BCUT2D eigenvalue weighted by Gasteiger charge is -2.08. The van der Waals surface area contributed by atoms with Gasteiger partial charge in [0, 0.05) is 30.6 Å². The van der Waals surface area contributed by atoms with Gasteiger partial charge in [-0.1, -0.05) is 6.92 Å². The number of H-pyrrole nitrogens is 1. The second-order valence-corrected chi connectivity index (χ2v) is 4.05. The summed E-state index contributed by atoms with van der Waals surface area (Å²) in [6.45, 7) is 2.00. The first-order valence-electron chi connectivity index (χ1n) is 5.69. The number of nitrogens with one attached hydrogen (secondary N) is 2. The van der Waals surface area contributed by atoms with Crippen molar-refractivity contribution in [1.29, 1.82) is 0 Å². The first-order valence-corrected chi connectivity index (χ1v) is 5.69. The molecule has 0 aromatic carbocycles. The summed E-state index contributed by atoms with van der Waals surface area (Å²) >= 11 is 0. The number of aromatic nitrogens is 4. The van der Waals surface area contributed by atoms with Crippen LogP contribution in [0.5, 0.6) is 0 Å². The Labute approximate surface area is 104 Å². The SMILES string of the molecule is CCc1cc(NC(=O)C(N)c2cnn(C)c2)n[nH]1. The molecule has 2 aromatic rings. The van der Waals surface area contributed by atoms with E-state index in [1.54, 1.807) is 30.2 Å². The van der Waals surface area contributed by atoms with Gasteiger partial charge in [-0.3, -0.25) is 14.6 Å². The minimum absolute atomic E-state index is 0.308. The van der Waals surface area contributed by atoms with E-state index in [4.69, 9.17) is 5.73 Å². The molecule has 96 valence electrons. The number of nitrogens with zero attached hydrogens (tertiary/aromatic N) is 3. The lowest BCUT2D eigenvalue weighted by Crippen LogP contribution is -2.27. The van der Waals surface area contributed by atoms with E-state index in [2.05, 4.69) is 20.6 Å². The predicted molar refractivity (Wildman–Crippen MR) is 66.7 cm³/mol. The molecule has 0 aliphatic heterocycles. The van der Waals surface area contributed by atoms with E-state index < -0.39 is 6.04 Å². The van der Waals surface area contributed by atoms with Crippen molar-refractivity contribution in [2.24, 2.45) is 12.8 Å². The van der Waals surface area contributed by atoms with Gasteiger partial charge in [0.25, 0.3) is 0 Å². The molecule has 0 radical (unpaired) electrons. The number of aryl methyl sites for hydroxylation is 2. The van der Waals surface area contributed by atoms with Crippen molar-refractivity contribution in [2.75, 3.05) is 5.32 Å². The molecule has 4 N–H and O–H groups in total. The van der Waals surface area contributed by atoms with Crippen LogP contribution in [0.3, 0.4) is 0 Å². The zero-order valence-corrected chi connectivity index (χ0v) is 10.3. The Morgan fingerprint density at radius 1 is 1.67 bits per heavy atom. The summed E-state index contributed by atoms with van der Waals surface area (Å²) in [5.74, 6) is 0.174. The van der Waals surface area contributed by atoms with Crippen LogP contribution in [0.1, 0.15) is 24.2 Å². The number of carbonyl (C=O) groups excluding carboxylic acids is 1. The van der Waals surface area contributed by atoms with Crippen molar-refractivity contribution in [1.82, 2.24) is 20.0 Å². The van der Waals surface area contributed by atoms with Crippen LogP contribution in [-0.4, -0.2) is 25.9 Å². The molecule has 0 saturated heterocycles. The van der Waals surface area contributed by atoms with Crippen LogP contribution in [0.15, 0.2) is 18.5 Å². The highest BCUT2D eigenvalue weighted by atomic mass is 16.2. The van der Waals surface area contributed by atoms with Gasteiger partial charge in [0.15, 0.2) is 5.82 Å². The third-order valence-electron chi connectivity index (χ3n) is 2.63. The highest BCUT2D eigenvalue weighted by Crippen LogP contribution is 2.12. The van der Waals surface area contributed by atoms with E-state index in [0.717, 1.165) is 12.1 Å². The van der Waals surface area contributed by atoms with Gasteiger partial charge in [0.05, 0.1) is 6.20 Å². The average Bonchev–Trinajstić information content (AvgIpc) is 2.97. The number of nitrogens with two attached hydrogens (primary N) is 1. The fourth-order valence-electron chi connectivity index (χ4n) is 1.56. The average molecular weight is 248 g/mol. The summed E-state index contributed by atoms with van der Waals surface area (Å²) in [5, 5.41) is 13.4. The fraction of sp³-hybridized carbons (Fsp3) is 0.364. The summed E-state index contributed by atoms with van der Waals surface area (Å²) in [4.78, 5) is 11.9. The van der Waals surface area contributed by atoms with E-state index >= 15 is 0 Å². The first kappa shape index (κ1) is 12.3. The Kier molecular flexibility index (Phi) is 3.42. The minimum Gasteiger partial charge on any atom is -0.316 e. The molecule has 1 amide bonds. The van der Waals surface area contributed by atoms with Crippen LogP contribution in [0.2, 0.25) is 0 Å². The second-order valence-electron chi connectivity index (χ2n) is 4.05. The predicted octanol–water partition coefficient (Wildman–Crippen LogP) is 0.344. The molecule has 1 atom stereocenters. The molecule has 0 fully saturated rings. The standard InChI is InChI=1S/C11H16N6O/c1-3-8-4-9(16-15-8)14-11(18)10(12)7-5-13-17(2)6-7/h4-6,10H,3,12H2,1-2H3,(H2,14,15,16,18).